The number of nitrogens with zero attached hydrogens (tertiary/aromatic N) is 2. The molecule has 9 nitrogen and oxygen atoms in total. The van der Waals surface area contributed by atoms with Crippen LogP contribution in [-0.4, -0.2) is 63.2 Å². The SMILES string of the molecule is C[C@H](C(=O)NC1CCCCC1)N(Cc1ccc(Cl)c(Cl)c1)C(=O)CCCN(c1ccc2c(c1)OCCO2)S(C)(=O)=O. The van der Waals surface area contributed by atoms with Crippen LogP contribution in [0.15, 0.2) is 36.4 Å². The molecular weight excluding hydrogens is 589 g/mol. The summed E-state index contributed by atoms with van der Waals surface area (Å²) in [5.41, 5.74) is 1.16. The second-order valence-electron chi connectivity index (χ2n) is 10.6. The van der Waals surface area contributed by atoms with Crippen LogP contribution in [0.1, 0.15) is 57.4 Å². The molecule has 0 aromatic heterocycles. The zero-order valence-corrected chi connectivity index (χ0v) is 25.7. The lowest BCUT2D eigenvalue weighted by atomic mass is 9.95. The molecule has 2 aromatic rings. The maximum absolute atomic E-state index is 13.6. The van der Waals surface area contributed by atoms with E-state index < -0.39 is 16.1 Å². The number of rotatable bonds is 11. The molecule has 2 aliphatic rings. The molecule has 1 aliphatic heterocycles. The van der Waals surface area contributed by atoms with Gasteiger partial charge in [-0.1, -0.05) is 48.5 Å². The molecule has 0 bridgehead atoms. The van der Waals surface area contributed by atoms with Crippen LogP contribution in [0, 0.1) is 0 Å². The number of hydrogen-bond acceptors (Lipinski definition) is 6. The molecule has 2 amide bonds. The lowest BCUT2D eigenvalue weighted by Gasteiger charge is -2.31. The van der Waals surface area contributed by atoms with E-state index in [-0.39, 0.29) is 43.8 Å². The highest BCUT2D eigenvalue weighted by molar-refractivity contribution is 7.92. The Morgan fingerprint density at radius 3 is 2.39 bits per heavy atom. The number of carbonyl (C=O) groups is 2. The Bertz CT molecular complexity index is 1350. The first-order valence-electron chi connectivity index (χ1n) is 13.9. The number of sulfonamides is 1. The minimum atomic E-state index is -3.65. The second kappa shape index (κ2) is 14.0. The number of benzene rings is 2. The fourth-order valence-corrected chi connectivity index (χ4v) is 6.46. The van der Waals surface area contributed by atoms with Crippen LogP contribution in [-0.2, 0) is 26.2 Å². The van der Waals surface area contributed by atoms with Crippen molar-refractivity contribution >= 4 is 50.7 Å². The molecule has 41 heavy (non-hydrogen) atoms. The highest BCUT2D eigenvalue weighted by Gasteiger charge is 2.29. The third-order valence-corrected chi connectivity index (χ3v) is 9.35. The topological polar surface area (TPSA) is 105 Å². The largest absolute Gasteiger partial charge is 0.486 e. The molecule has 1 atom stereocenters. The number of anilines is 1. The molecule has 2 aromatic carbocycles. The summed E-state index contributed by atoms with van der Waals surface area (Å²) in [5.74, 6) is 0.559. The molecule has 1 aliphatic carbocycles. The molecule has 0 radical (unpaired) electrons. The summed E-state index contributed by atoms with van der Waals surface area (Å²) >= 11 is 12.3. The van der Waals surface area contributed by atoms with Crippen molar-refractivity contribution < 1.29 is 27.5 Å². The van der Waals surface area contributed by atoms with Gasteiger partial charge in [0.2, 0.25) is 21.8 Å². The average Bonchev–Trinajstić information content (AvgIpc) is 2.95. The summed E-state index contributed by atoms with van der Waals surface area (Å²) in [4.78, 5) is 28.3. The predicted molar refractivity (Wildman–Crippen MR) is 160 cm³/mol. The van der Waals surface area contributed by atoms with Gasteiger partial charge in [0.1, 0.15) is 19.3 Å². The molecule has 224 valence electrons. The van der Waals surface area contributed by atoms with Gasteiger partial charge >= 0.3 is 0 Å². The first-order chi connectivity index (χ1) is 19.5. The van der Waals surface area contributed by atoms with Gasteiger partial charge in [0, 0.05) is 31.6 Å². The summed E-state index contributed by atoms with van der Waals surface area (Å²) in [6.07, 6.45) is 6.59. The van der Waals surface area contributed by atoms with Crippen LogP contribution >= 0.6 is 23.2 Å². The van der Waals surface area contributed by atoms with Gasteiger partial charge in [-0.05, 0) is 56.0 Å². The Kier molecular flexibility index (Phi) is 10.7. The maximum Gasteiger partial charge on any atom is 0.242 e. The van der Waals surface area contributed by atoms with E-state index in [1.807, 2.05) is 0 Å². The Morgan fingerprint density at radius 2 is 1.71 bits per heavy atom. The van der Waals surface area contributed by atoms with E-state index in [1.165, 1.54) is 15.6 Å². The third-order valence-electron chi connectivity index (χ3n) is 7.42. The van der Waals surface area contributed by atoms with Gasteiger partial charge in [-0.15, -0.1) is 0 Å². The summed E-state index contributed by atoms with van der Waals surface area (Å²) in [7, 11) is -3.65. The maximum atomic E-state index is 13.6. The van der Waals surface area contributed by atoms with Gasteiger partial charge in [-0.25, -0.2) is 8.42 Å². The summed E-state index contributed by atoms with van der Waals surface area (Å²) < 4.78 is 37.8. The van der Waals surface area contributed by atoms with Crippen LogP contribution in [0.5, 0.6) is 11.5 Å². The highest BCUT2D eigenvalue weighted by atomic mass is 35.5. The predicted octanol–water partition coefficient (Wildman–Crippen LogP) is 5.18. The number of ether oxygens (including phenoxy) is 2. The molecule has 0 unspecified atom stereocenters. The minimum Gasteiger partial charge on any atom is -0.486 e. The van der Waals surface area contributed by atoms with Crippen molar-refractivity contribution in [3.63, 3.8) is 0 Å². The number of carbonyl (C=O) groups excluding carboxylic acids is 2. The zero-order chi connectivity index (χ0) is 29.6. The van der Waals surface area contributed by atoms with Gasteiger partial charge in [0.25, 0.3) is 0 Å². The number of fused-ring (bicyclic) bond motifs is 1. The van der Waals surface area contributed by atoms with E-state index in [2.05, 4.69) is 5.32 Å². The minimum absolute atomic E-state index is 0.0406. The Labute approximate surface area is 252 Å². The zero-order valence-electron chi connectivity index (χ0n) is 23.4. The summed E-state index contributed by atoms with van der Waals surface area (Å²) in [5, 5.41) is 3.87. The first kappa shape index (κ1) is 31.3. The first-order valence-corrected chi connectivity index (χ1v) is 16.5. The monoisotopic (exact) mass is 625 g/mol. The Morgan fingerprint density at radius 1 is 1.00 bits per heavy atom. The lowest BCUT2D eigenvalue weighted by molar-refractivity contribution is -0.141. The van der Waals surface area contributed by atoms with Crippen LogP contribution in [0.2, 0.25) is 10.0 Å². The molecule has 4 rings (SSSR count). The van der Waals surface area contributed by atoms with E-state index in [1.54, 1.807) is 43.3 Å². The number of nitrogens with one attached hydrogen (secondary N) is 1. The second-order valence-corrected chi connectivity index (χ2v) is 13.3. The molecule has 1 saturated carbocycles. The standard InChI is InChI=1S/C29H37Cl2N3O6S/c1-20(29(36)32-22-7-4-3-5-8-22)33(19-21-10-12-24(30)25(31)17-21)28(35)9-6-14-34(41(2,37)38)23-11-13-26-27(18-23)40-16-15-39-26/h10-13,17-18,20,22H,3-9,14-16,19H2,1-2H3,(H,32,36)/t20-/m1/s1. The quantitative estimate of drug-likeness (QED) is 0.369. The molecule has 0 saturated heterocycles. The van der Waals surface area contributed by atoms with E-state index in [0.717, 1.165) is 37.5 Å². The van der Waals surface area contributed by atoms with Gasteiger partial charge in [-0.2, -0.15) is 0 Å². The fourth-order valence-electron chi connectivity index (χ4n) is 5.18. The van der Waals surface area contributed by atoms with Crippen LogP contribution in [0.4, 0.5) is 5.69 Å². The molecule has 1 fully saturated rings. The van der Waals surface area contributed by atoms with E-state index >= 15 is 0 Å². The van der Waals surface area contributed by atoms with E-state index in [0.29, 0.717) is 40.4 Å². The van der Waals surface area contributed by atoms with Crippen molar-refractivity contribution in [1.29, 1.82) is 0 Å². The molecular formula is C29H37Cl2N3O6S. The summed E-state index contributed by atoms with van der Waals surface area (Å²) in [6, 6.07) is 9.45. The van der Waals surface area contributed by atoms with Gasteiger partial charge in [0.15, 0.2) is 11.5 Å². The third kappa shape index (κ3) is 8.42. The Hall–Kier alpha value is -2.69. The van der Waals surface area contributed by atoms with Crippen molar-refractivity contribution in [2.24, 2.45) is 0 Å². The summed E-state index contributed by atoms with van der Waals surface area (Å²) in [6.45, 7) is 2.76. The van der Waals surface area contributed by atoms with Gasteiger partial charge in [0.05, 0.1) is 22.0 Å². The van der Waals surface area contributed by atoms with Crippen LogP contribution in [0.25, 0.3) is 0 Å². The van der Waals surface area contributed by atoms with E-state index in [4.69, 9.17) is 32.7 Å². The molecule has 0 spiro atoms. The van der Waals surface area contributed by atoms with Crippen molar-refractivity contribution in [2.45, 2.75) is 70.5 Å². The molecule has 1 N–H and O–H groups in total. The van der Waals surface area contributed by atoms with Crippen molar-refractivity contribution in [2.75, 3.05) is 30.3 Å². The number of halogens is 2. The van der Waals surface area contributed by atoms with Crippen molar-refractivity contribution in [3.8, 4) is 11.5 Å². The van der Waals surface area contributed by atoms with E-state index in [9.17, 15) is 18.0 Å². The lowest BCUT2D eigenvalue weighted by Crippen LogP contribution is -2.50. The van der Waals surface area contributed by atoms with Gasteiger partial charge < -0.3 is 19.7 Å². The number of amides is 2. The van der Waals surface area contributed by atoms with Crippen LogP contribution < -0.4 is 19.1 Å². The average molecular weight is 627 g/mol. The normalized spacial score (nSPS) is 16.1. The fraction of sp³-hybridized carbons (Fsp3) is 0.517. The highest BCUT2D eigenvalue weighted by Crippen LogP contribution is 2.35. The van der Waals surface area contributed by atoms with Crippen molar-refractivity contribution in [3.05, 3.63) is 52.0 Å². The Balaban J connectivity index is 1.47. The smallest absolute Gasteiger partial charge is 0.242 e. The van der Waals surface area contributed by atoms with Crippen molar-refractivity contribution in [1.82, 2.24) is 10.2 Å². The molecule has 12 heteroatoms. The van der Waals surface area contributed by atoms with Crippen LogP contribution in [0.3, 0.4) is 0 Å². The molecule has 1 heterocycles. The number of hydrogen-bond donors (Lipinski definition) is 1. The van der Waals surface area contributed by atoms with Gasteiger partial charge in [-0.3, -0.25) is 13.9 Å².